The summed E-state index contributed by atoms with van der Waals surface area (Å²) in [6.45, 7) is 0. The molecule has 0 heteroatoms. The van der Waals surface area contributed by atoms with Gasteiger partial charge in [-0.2, -0.15) is 0 Å². The first-order chi connectivity index (χ1) is 12.1. The van der Waals surface area contributed by atoms with Crippen LogP contribution in [0.3, 0.4) is 0 Å². The lowest BCUT2D eigenvalue weighted by atomic mass is 9.35. The largest absolute Gasteiger partial charge is 0.0475 e. The van der Waals surface area contributed by atoms with E-state index in [1.54, 1.807) is 0 Å². The normalized spacial score (nSPS) is 87.6. The van der Waals surface area contributed by atoms with Crippen LogP contribution in [-0.2, 0) is 0 Å². The van der Waals surface area contributed by atoms with Crippen molar-refractivity contribution >= 4 is 0 Å². The Bertz CT molecular complexity index is 663. The molecule has 8 aliphatic carbocycles. The summed E-state index contributed by atoms with van der Waals surface area (Å²) in [6, 6.07) is 0. The van der Waals surface area contributed by atoms with Crippen molar-refractivity contribution in [3.63, 3.8) is 0 Å². The number of hydrogen-bond donors (Lipinski definition) is 0. The summed E-state index contributed by atoms with van der Waals surface area (Å²) in [6.07, 6.45) is 4.88. The molecule has 0 nitrogen and oxygen atoms in total. The monoisotopic (exact) mass is 282 g/mol. The Morgan fingerprint density at radius 1 is 0.700 bits per heavy atom. The second kappa shape index (κ2) is 3.49. The van der Waals surface area contributed by atoms with E-state index < -0.39 is 41.8 Å². The summed E-state index contributed by atoms with van der Waals surface area (Å²) in [5.74, 6) is -0.545. The molecular weight excluding hydrogens is 240 g/mol. The Hall–Kier alpha value is 0. The zero-order valence-electron chi connectivity index (χ0n) is 18.3. The summed E-state index contributed by atoms with van der Waals surface area (Å²) in [7, 11) is 0. The van der Waals surface area contributed by atoms with Gasteiger partial charge in [0.15, 0.2) is 0 Å². The zero-order chi connectivity index (χ0) is 18.3. The predicted molar refractivity (Wildman–Crippen MR) is 81.2 cm³/mol. The molecule has 0 saturated heterocycles. The van der Waals surface area contributed by atoms with Crippen LogP contribution >= 0.6 is 0 Å². The predicted octanol–water partition coefficient (Wildman–Crippen LogP) is 5.42. The number of hydrogen-bond acceptors (Lipinski definition) is 0. The van der Waals surface area contributed by atoms with Gasteiger partial charge in [-0.05, 0) is 123 Å². The van der Waals surface area contributed by atoms with Crippen LogP contribution in [0.2, 0.25) is 0 Å². The number of rotatable bonds is 1. The van der Waals surface area contributed by atoms with Crippen LogP contribution in [0.15, 0.2) is 0 Å². The van der Waals surface area contributed by atoms with Crippen molar-refractivity contribution in [2.45, 2.75) is 77.0 Å². The van der Waals surface area contributed by atoms with Gasteiger partial charge in [0.05, 0.1) is 0 Å². The fourth-order valence-corrected chi connectivity index (χ4v) is 7.63. The molecule has 8 rings (SSSR count). The molecule has 8 atom stereocenters. The van der Waals surface area contributed by atoms with E-state index in [1.807, 2.05) is 0 Å². The molecule has 0 heterocycles. The van der Waals surface area contributed by atoms with Gasteiger partial charge in [-0.3, -0.25) is 0 Å². The zero-order valence-corrected chi connectivity index (χ0v) is 12.3. The lowest BCUT2D eigenvalue weighted by Gasteiger charge is -2.70. The van der Waals surface area contributed by atoms with Crippen LogP contribution in [-0.4, -0.2) is 0 Å². The van der Waals surface area contributed by atoms with E-state index in [9.17, 15) is 4.11 Å². The van der Waals surface area contributed by atoms with Gasteiger partial charge in [-0.15, -0.1) is 0 Å². The molecular formula is C20H30. The maximum absolute atomic E-state index is 9.22. The van der Waals surface area contributed by atoms with Gasteiger partial charge < -0.3 is 0 Å². The molecule has 0 aromatic heterocycles. The van der Waals surface area contributed by atoms with Crippen molar-refractivity contribution in [2.24, 2.45) is 46.3 Å². The average molecular weight is 283 g/mol. The molecule has 8 bridgehead atoms. The minimum atomic E-state index is -1.56. The van der Waals surface area contributed by atoms with Crippen molar-refractivity contribution in [3.8, 4) is 0 Å². The van der Waals surface area contributed by atoms with E-state index >= 15 is 0 Å². The highest BCUT2D eigenvalue weighted by molar-refractivity contribution is 5.14. The van der Waals surface area contributed by atoms with Crippen molar-refractivity contribution in [1.82, 2.24) is 0 Å². The molecule has 0 N–H and O–H groups in total. The van der Waals surface area contributed by atoms with Gasteiger partial charge in [0.25, 0.3) is 0 Å². The fourth-order valence-electron chi connectivity index (χ4n) is 7.63. The quantitative estimate of drug-likeness (QED) is 0.602. The van der Waals surface area contributed by atoms with Crippen molar-refractivity contribution < 1.29 is 8.22 Å². The van der Waals surface area contributed by atoms with Crippen LogP contribution in [0.1, 0.15) is 85.2 Å². The summed E-state index contributed by atoms with van der Waals surface area (Å²) in [5, 5.41) is 0. The maximum Gasteiger partial charge on any atom is 0.0303 e. The van der Waals surface area contributed by atoms with Crippen LogP contribution in [0.5, 0.6) is 0 Å². The third-order valence-electron chi connectivity index (χ3n) is 7.73. The van der Waals surface area contributed by atoms with Crippen LogP contribution < -0.4 is 0 Å². The van der Waals surface area contributed by atoms with Crippen molar-refractivity contribution in [2.75, 3.05) is 0 Å². The van der Waals surface area contributed by atoms with Gasteiger partial charge in [-0.1, -0.05) is 0 Å². The van der Waals surface area contributed by atoms with Gasteiger partial charge >= 0.3 is 0 Å². The lowest BCUT2D eigenvalue weighted by molar-refractivity contribution is -0.199. The Balaban J connectivity index is 1.56. The van der Waals surface area contributed by atoms with Crippen LogP contribution in [0, 0.1) is 46.3 Å². The molecule has 110 valence electrons. The Kier molecular flexibility index (Phi) is 1.31. The summed E-state index contributed by atoms with van der Waals surface area (Å²) >= 11 is 0. The molecule has 8 fully saturated rings. The maximum atomic E-state index is 9.22. The van der Waals surface area contributed by atoms with Crippen LogP contribution in [0.25, 0.3) is 0 Å². The molecule has 8 unspecified atom stereocenters. The Morgan fingerprint density at radius 3 is 2.10 bits per heavy atom. The summed E-state index contributed by atoms with van der Waals surface area (Å²) in [5.41, 5.74) is -1.06. The summed E-state index contributed by atoms with van der Waals surface area (Å²) in [4.78, 5) is 0. The standard InChI is InChI=1S/C20H30/c1-13-2-15-3-14(1)8-19(7-13,9-15)20-10-16-4-17(11-20)6-18(5-16)12-20/h13-18H,1-12H2/i1T,7T,10T2,13T,16T. The molecule has 0 radical (unpaired) electrons. The third-order valence-corrected chi connectivity index (χ3v) is 7.73. The highest BCUT2D eigenvalue weighted by atomic mass is 14.7. The average Bonchev–Trinajstić information content (AvgIpc) is 2.54. The molecule has 8 saturated carbocycles. The lowest BCUT2D eigenvalue weighted by Crippen LogP contribution is -2.60. The van der Waals surface area contributed by atoms with E-state index in [0.29, 0.717) is 37.0 Å². The first-order valence-corrected chi connectivity index (χ1v) is 8.91. The first-order valence-electron chi connectivity index (χ1n) is 12.1. The van der Waals surface area contributed by atoms with E-state index in [4.69, 9.17) is 4.11 Å². The first kappa shape index (κ1) is 7.51. The van der Waals surface area contributed by atoms with Gasteiger partial charge in [0, 0.05) is 8.22 Å². The second-order valence-corrected chi connectivity index (χ2v) is 9.11. The highest BCUT2D eigenvalue weighted by Gasteiger charge is 2.64. The Labute approximate surface area is 132 Å². The van der Waals surface area contributed by atoms with E-state index in [1.165, 1.54) is 0 Å². The topological polar surface area (TPSA) is 0 Å². The van der Waals surface area contributed by atoms with Crippen LogP contribution in [0.4, 0.5) is 0 Å². The minimum Gasteiger partial charge on any atom is -0.0475 e. The van der Waals surface area contributed by atoms with Crippen molar-refractivity contribution in [3.05, 3.63) is 0 Å². The van der Waals surface area contributed by atoms with E-state index in [-0.39, 0.29) is 5.92 Å². The second-order valence-electron chi connectivity index (χ2n) is 9.11. The molecule has 0 aromatic rings. The van der Waals surface area contributed by atoms with E-state index in [2.05, 4.69) is 0 Å². The molecule has 0 amide bonds. The molecule has 20 heavy (non-hydrogen) atoms. The minimum absolute atomic E-state index is 0.173. The van der Waals surface area contributed by atoms with Gasteiger partial charge in [0.1, 0.15) is 0 Å². The molecule has 0 aliphatic heterocycles. The molecule has 0 aromatic carbocycles. The van der Waals surface area contributed by atoms with E-state index in [0.717, 1.165) is 38.5 Å². The molecule has 8 aliphatic rings. The Morgan fingerprint density at radius 2 is 1.30 bits per heavy atom. The highest BCUT2D eigenvalue weighted by Crippen LogP contribution is 2.74. The SMILES string of the molecule is [3H]C1C2CC3CC1([3H])C([3H])C(C14CC5CC(CC([3H])(C5)C1([3H])[3H])C4)(C3)C2. The fraction of sp³-hybridized carbons (Fsp3) is 1.00. The molecule has 0 spiro atoms. The smallest absolute Gasteiger partial charge is 0.0303 e. The third kappa shape index (κ3) is 1.31. The van der Waals surface area contributed by atoms with Crippen molar-refractivity contribution in [1.29, 1.82) is 0 Å². The van der Waals surface area contributed by atoms with Gasteiger partial charge in [-0.25, -0.2) is 0 Å². The summed E-state index contributed by atoms with van der Waals surface area (Å²) < 4.78 is 54.5. The van der Waals surface area contributed by atoms with Gasteiger partial charge in [0.2, 0.25) is 0 Å².